The summed E-state index contributed by atoms with van der Waals surface area (Å²) in [6, 6.07) is 0.495. The molecule has 0 fully saturated rings. The number of aliphatic imine (C=N–C) groups is 2. The Bertz CT molecular complexity index is 205. The van der Waals surface area contributed by atoms with Gasteiger partial charge in [0.1, 0.15) is 0 Å². The lowest BCUT2D eigenvalue weighted by molar-refractivity contribution is 0.393. The minimum Gasteiger partial charge on any atom is -0.469 e. The molecule has 0 bridgehead atoms. The zero-order valence-corrected chi connectivity index (χ0v) is 10.1. The van der Waals surface area contributed by atoms with Crippen LogP contribution in [0.4, 0.5) is 0 Å². The Labute approximate surface area is 96.7 Å². The molecule has 0 aliphatic rings. The highest BCUT2D eigenvalue weighted by Gasteiger charge is 1.92. The van der Waals surface area contributed by atoms with E-state index in [-0.39, 0.29) is 12.0 Å². The molecule has 0 aromatic heterocycles. The Kier molecular flexibility index (Phi) is 9.15. The molecule has 0 aliphatic carbocycles. The quantitative estimate of drug-likeness (QED) is 0.377. The van der Waals surface area contributed by atoms with Gasteiger partial charge < -0.3 is 20.9 Å². The van der Waals surface area contributed by atoms with Crippen LogP contribution in [0.1, 0.15) is 25.7 Å². The number of methoxy groups -OCH3 is 2. The third-order valence-corrected chi connectivity index (χ3v) is 2.02. The van der Waals surface area contributed by atoms with E-state index < -0.39 is 0 Å². The van der Waals surface area contributed by atoms with Gasteiger partial charge in [0.15, 0.2) is 0 Å². The van der Waals surface area contributed by atoms with Gasteiger partial charge in [-0.2, -0.15) is 0 Å². The third-order valence-electron chi connectivity index (χ3n) is 2.02. The number of hydrogen-bond donors (Lipinski definition) is 2. The lowest BCUT2D eigenvalue weighted by Crippen LogP contribution is -2.14. The zero-order chi connectivity index (χ0) is 12.2. The van der Waals surface area contributed by atoms with Crippen molar-refractivity contribution in [3.05, 3.63) is 0 Å². The van der Waals surface area contributed by atoms with Crippen LogP contribution in [-0.4, -0.2) is 39.4 Å². The van der Waals surface area contributed by atoms with E-state index in [4.69, 9.17) is 20.9 Å². The van der Waals surface area contributed by atoms with Crippen LogP contribution < -0.4 is 11.5 Å². The number of ether oxygens (including phenoxy) is 2. The first kappa shape index (κ1) is 14.5. The molecule has 0 aromatic rings. The van der Waals surface area contributed by atoms with Gasteiger partial charge in [-0.05, 0) is 12.8 Å². The van der Waals surface area contributed by atoms with Crippen molar-refractivity contribution in [1.29, 1.82) is 0 Å². The Hall–Kier alpha value is -1.46. The Morgan fingerprint density at radius 2 is 1.19 bits per heavy atom. The van der Waals surface area contributed by atoms with Crippen molar-refractivity contribution in [2.24, 2.45) is 21.5 Å². The fourth-order valence-corrected chi connectivity index (χ4v) is 1.08. The molecule has 4 N–H and O–H groups in total. The van der Waals surface area contributed by atoms with E-state index in [1.54, 1.807) is 0 Å². The summed E-state index contributed by atoms with van der Waals surface area (Å²) in [5.41, 5.74) is 10.7. The average Bonchev–Trinajstić information content (AvgIpc) is 2.31. The summed E-state index contributed by atoms with van der Waals surface area (Å²) >= 11 is 0. The van der Waals surface area contributed by atoms with Gasteiger partial charge >= 0.3 is 0 Å². The SMILES string of the molecule is COC(N)=NCCCCCCN=C(N)OC. The van der Waals surface area contributed by atoms with Crippen molar-refractivity contribution in [2.75, 3.05) is 27.3 Å². The zero-order valence-electron chi connectivity index (χ0n) is 10.1. The number of unbranched alkanes of at least 4 members (excludes halogenated alkanes) is 3. The van der Waals surface area contributed by atoms with Crippen LogP contribution in [-0.2, 0) is 9.47 Å². The highest BCUT2D eigenvalue weighted by molar-refractivity contribution is 5.71. The fraction of sp³-hybridized carbons (Fsp3) is 0.800. The molecule has 0 rings (SSSR count). The average molecular weight is 230 g/mol. The molecule has 94 valence electrons. The summed E-state index contributed by atoms with van der Waals surface area (Å²) in [6.07, 6.45) is 4.22. The summed E-state index contributed by atoms with van der Waals surface area (Å²) in [7, 11) is 3.02. The van der Waals surface area contributed by atoms with Gasteiger partial charge in [-0.1, -0.05) is 12.8 Å². The molecule has 0 radical (unpaired) electrons. The van der Waals surface area contributed by atoms with Crippen LogP contribution in [0.3, 0.4) is 0 Å². The van der Waals surface area contributed by atoms with E-state index in [0.717, 1.165) is 25.7 Å². The van der Waals surface area contributed by atoms with Crippen molar-refractivity contribution in [1.82, 2.24) is 0 Å². The minimum atomic E-state index is 0.248. The maximum absolute atomic E-state index is 5.37. The summed E-state index contributed by atoms with van der Waals surface area (Å²) in [5.74, 6) is 0. The molecule has 6 nitrogen and oxygen atoms in total. The molecule has 0 saturated heterocycles. The van der Waals surface area contributed by atoms with E-state index in [0.29, 0.717) is 13.1 Å². The molecule has 0 heterocycles. The molecule has 6 heteroatoms. The summed E-state index contributed by atoms with van der Waals surface area (Å²) in [5, 5.41) is 0. The maximum atomic E-state index is 5.37. The summed E-state index contributed by atoms with van der Waals surface area (Å²) in [6.45, 7) is 1.42. The number of rotatable bonds is 7. The van der Waals surface area contributed by atoms with E-state index >= 15 is 0 Å². The van der Waals surface area contributed by atoms with Crippen molar-refractivity contribution in [3.63, 3.8) is 0 Å². The maximum Gasteiger partial charge on any atom is 0.281 e. The van der Waals surface area contributed by atoms with Crippen molar-refractivity contribution < 1.29 is 9.47 Å². The molecule has 16 heavy (non-hydrogen) atoms. The topological polar surface area (TPSA) is 95.2 Å². The predicted molar refractivity (Wildman–Crippen MR) is 65.5 cm³/mol. The number of nitrogens with two attached hydrogens (primary N) is 2. The minimum absolute atomic E-state index is 0.248. The van der Waals surface area contributed by atoms with Gasteiger partial charge in [0.2, 0.25) is 0 Å². The number of hydrogen-bond acceptors (Lipinski definition) is 4. The molecular formula is C10H22N4O2. The Morgan fingerprint density at radius 1 is 0.812 bits per heavy atom. The molecular weight excluding hydrogens is 208 g/mol. The van der Waals surface area contributed by atoms with Crippen LogP contribution in [0.15, 0.2) is 9.98 Å². The smallest absolute Gasteiger partial charge is 0.281 e. The summed E-state index contributed by atoms with van der Waals surface area (Å²) < 4.78 is 9.43. The van der Waals surface area contributed by atoms with E-state index in [1.807, 2.05) is 0 Å². The first-order chi connectivity index (χ1) is 7.70. The predicted octanol–water partition coefficient (Wildman–Crippen LogP) is 0.469. The Balaban J connectivity index is 3.28. The van der Waals surface area contributed by atoms with Gasteiger partial charge in [-0.15, -0.1) is 0 Å². The van der Waals surface area contributed by atoms with Crippen LogP contribution in [0.2, 0.25) is 0 Å². The lowest BCUT2D eigenvalue weighted by atomic mass is 10.2. The van der Waals surface area contributed by atoms with E-state index in [1.165, 1.54) is 14.2 Å². The normalized spacial score (nSPS) is 12.6. The lowest BCUT2D eigenvalue weighted by Gasteiger charge is -2.00. The van der Waals surface area contributed by atoms with Gasteiger partial charge in [-0.25, -0.2) is 9.98 Å². The highest BCUT2D eigenvalue weighted by Crippen LogP contribution is 2.00. The monoisotopic (exact) mass is 230 g/mol. The van der Waals surface area contributed by atoms with E-state index in [2.05, 4.69) is 9.98 Å². The molecule has 0 spiro atoms. The molecule has 0 saturated carbocycles. The van der Waals surface area contributed by atoms with Gasteiger partial charge in [0.25, 0.3) is 12.0 Å². The van der Waals surface area contributed by atoms with Crippen molar-refractivity contribution >= 4 is 12.0 Å². The van der Waals surface area contributed by atoms with Gasteiger partial charge in [0, 0.05) is 13.1 Å². The third kappa shape index (κ3) is 9.11. The number of nitrogens with zero attached hydrogens (tertiary/aromatic N) is 2. The highest BCUT2D eigenvalue weighted by atomic mass is 16.5. The first-order valence-corrected chi connectivity index (χ1v) is 5.38. The standard InChI is InChI=1S/C10H22N4O2/c1-15-9(11)13-7-5-3-4-6-8-14-10(12)16-2/h3-8H2,1-2H3,(H2,11,13)(H2,12,14). The van der Waals surface area contributed by atoms with Gasteiger partial charge in [0.05, 0.1) is 14.2 Å². The second-order valence-electron chi connectivity index (χ2n) is 3.26. The summed E-state index contributed by atoms with van der Waals surface area (Å²) in [4.78, 5) is 8.01. The van der Waals surface area contributed by atoms with Crippen molar-refractivity contribution in [2.45, 2.75) is 25.7 Å². The first-order valence-electron chi connectivity index (χ1n) is 5.38. The van der Waals surface area contributed by atoms with Crippen LogP contribution in [0, 0.1) is 0 Å². The van der Waals surface area contributed by atoms with Crippen LogP contribution in [0.25, 0.3) is 0 Å². The molecule has 0 unspecified atom stereocenters. The molecule has 0 aliphatic heterocycles. The van der Waals surface area contributed by atoms with Gasteiger partial charge in [-0.3, -0.25) is 0 Å². The second kappa shape index (κ2) is 10.1. The second-order valence-corrected chi connectivity index (χ2v) is 3.26. The van der Waals surface area contributed by atoms with Crippen LogP contribution >= 0.6 is 0 Å². The molecule has 0 amide bonds. The Morgan fingerprint density at radius 3 is 1.50 bits per heavy atom. The molecule has 0 aromatic carbocycles. The molecule has 0 atom stereocenters. The van der Waals surface area contributed by atoms with Crippen molar-refractivity contribution in [3.8, 4) is 0 Å². The number of amidine groups is 2. The fourth-order valence-electron chi connectivity index (χ4n) is 1.08. The van der Waals surface area contributed by atoms with Crippen LogP contribution in [0.5, 0.6) is 0 Å². The largest absolute Gasteiger partial charge is 0.469 e. The van der Waals surface area contributed by atoms with E-state index in [9.17, 15) is 0 Å².